The number of aromatic nitrogens is 2. The second kappa shape index (κ2) is 6.04. The molecule has 0 amide bonds. The van der Waals surface area contributed by atoms with Crippen LogP contribution in [0.1, 0.15) is 11.1 Å². The second-order valence-electron chi connectivity index (χ2n) is 4.29. The molecule has 0 radical (unpaired) electrons. The first-order valence-corrected chi connectivity index (χ1v) is 6.07. The standard InChI is InChI=1S/C15H14N2O3/c1-16-8-7-14(19)17(15(16)20)11-13-5-2-4-12(10-13)6-3-9-18/h2,4-5,7-8,10,18H,9,11H2,1H3. The van der Waals surface area contributed by atoms with Gasteiger partial charge in [0.05, 0.1) is 6.54 Å². The molecule has 0 bridgehead atoms. The lowest BCUT2D eigenvalue weighted by atomic mass is 10.1. The minimum absolute atomic E-state index is 0.195. The maximum absolute atomic E-state index is 11.9. The fraction of sp³-hybridized carbons (Fsp3) is 0.200. The summed E-state index contributed by atoms with van der Waals surface area (Å²) in [6.45, 7) is -0.0100. The van der Waals surface area contributed by atoms with Crippen LogP contribution in [0.2, 0.25) is 0 Å². The van der Waals surface area contributed by atoms with Crippen molar-refractivity contribution < 1.29 is 5.11 Å². The molecule has 0 unspecified atom stereocenters. The van der Waals surface area contributed by atoms with E-state index in [0.717, 1.165) is 11.1 Å². The fourth-order valence-corrected chi connectivity index (χ4v) is 1.83. The van der Waals surface area contributed by atoms with Crippen LogP contribution in [0.25, 0.3) is 0 Å². The van der Waals surface area contributed by atoms with E-state index in [-0.39, 0.29) is 24.4 Å². The van der Waals surface area contributed by atoms with Gasteiger partial charge in [0, 0.05) is 24.9 Å². The van der Waals surface area contributed by atoms with Crippen LogP contribution in [0.5, 0.6) is 0 Å². The Morgan fingerprint density at radius 2 is 2.05 bits per heavy atom. The summed E-state index contributed by atoms with van der Waals surface area (Å²) in [5, 5.41) is 8.67. The first kappa shape index (κ1) is 13.8. The molecule has 0 saturated carbocycles. The Balaban J connectivity index is 2.38. The third kappa shape index (κ3) is 3.05. The smallest absolute Gasteiger partial charge is 0.331 e. The largest absolute Gasteiger partial charge is 0.384 e. The van der Waals surface area contributed by atoms with E-state index >= 15 is 0 Å². The predicted molar refractivity (Wildman–Crippen MR) is 75.5 cm³/mol. The maximum Gasteiger partial charge on any atom is 0.331 e. The van der Waals surface area contributed by atoms with Crippen LogP contribution in [0.3, 0.4) is 0 Å². The van der Waals surface area contributed by atoms with Gasteiger partial charge in [-0.05, 0) is 17.7 Å². The molecule has 0 aliphatic carbocycles. The normalized spacial score (nSPS) is 9.90. The number of nitrogens with zero attached hydrogens (tertiary/aromatic N) is 2. The van der Waals surface area contributed by atoms with Crippen LogP contribution in [-0.4, -0.2) is 20.8 Å². The maximum atomic E-state index is 11.9. The molecular formula is C15H14N2O3. The average Bonchev–Trinajstić information content (AvgIpc) is 2.46. The summed E-state index contributed by atoms with van der Waals surface area (Å²) in [6, 6.07) is 8.58. The minimum atomic E-state index is -0.357. The van der Waals surface area contributed by atoms with E-state index in [2.05, 4.69) is 11.8 Å². The molecular weight excluding hydrogens is 256 g/mol. The Labute approximate surface area is 115 Å². The van der Waals surface area contributed by atoms with E-state index in [1.165, 1.54) is 21.4 Å². The lowest BCUT2D eigenvalue weighted by molar-refractivity contribution is 0.350. The molecule has 0 aliphatic heterocycles. The molecule has 5 nitrogen and oxygen atoms in total. The molecule has 102 valence electrons. The van der Waals surface area contributed by atoms with Gasteiger partial charge in [0.25, 0.3) is 5.56 Å². The van der Waals surface area contributed by atoms with Gasteiger partial charge in [-0.2, -0.15) is 0 Å². The number of hydrogen-bond acceptors (Lipinski definition) is 3. The van der Waals surface area contributed by atoms with Crippen LogP contribution < -0.4 is 11.2 Å². The lowest BCUT2D eigenvalue weighted by Gasteiger charge is -2.06. The molecule has 0 aliphatic rings. The van der Waals surface area contributed by atoms with Gasteiger partial charge < -0.3 is 9.67 Å². The Morgan fingerprint density at radius 1 is 1.25 bits per heavy atom. The second-order valence-corrected chi connectivity index (χ2v) is 4.29. The molecule has 2 aromatic rings. The van der Waals surface area contributed by atoms with E-state index in [0.29, 0.717) is 0 Å². The molecule has 2 rings (SSSR count). The van der Waals surface area contributed by atoms with Crippen molar-refractivity contribution in [2.24, 2.45) is 7.05 Å². The number of benzene rings is 1. The summed E-state index contributed by atoms with van der Waals surface area (Å²) in [5.74, 6) is 5.35. The number of aliphatic hydroxyl groups excluding tert-OH is 1. The number of hydrogen-bond donors (Lipinski definition) is 1. The van der Waals surface area contributed by atoms with Gasteiger partial charge in [-0.15, -0.1) is 0 Å². The van der Waals surface area contributed by atoms with Crippen molar-refractivity contribution in [3.63, 3.8) is 0 Å². The summed E-state index contributed by atoms with van der Waals surface area (Å²) in [7, 11) is 1.60. The minimum Gasteiger partial charge on any atom is -0.384 e. The van der Waals surface area contributed by atoms with Crippen molar-refractivity contribution in [2.45, 2.75) is 6.54 Å². The van der Waals surface area contributed by atoms with Crippen LogP contribution in [0, 0.1) is 11.8 Å². The Bertz CT molecular complexity index is 791. The third-order valence-corrected chi connectivity index (χ3v) is 2.82. The number of aliphatic hydroxyl groups is 1. The summed E-state index contributed by atoms with van der Waals surface area (Å²) in [4.78, 5) is 23.7. The van der Waals surface area contributed by atoms with E-state index < -0.39 is 0 Å². The SMILES string of the molecule is Cn1ccc(=O)n(Cc2cccc(C#CCO)c2)c1=O. The highest BCUT2D eigenvalue weighted by Gasteiger charge is 2.04. The van der Waals surface area contributed by atoms with Crippen molar-refractivity contribution in [3.8, 4) is 11.8 Å². The van der Waals surface area contributed by atoms with Crippen LogP contribution >= 0.6 is 0 Å². The van der Waals surface area contributed by atoms with E-state index in [4.69, 9.17) is 5.11 Å². The van der Waals surface area contributed by atoms with Gasteiger partial charge in [-0.1, -0.05) is 24.0 Å². The highest BCUT2D eigenvalue weighted by Crippen LogP contribution is 2.04. The van der Waals surface area contributed by atoms with Crippen LogP contribution in [0.15, 0.2) is 46.1 Å². The molecule has 0 saturated heterocycles. The Hall–Kier alpha value is -2.58. The predicted octanol–water partition coefficient (Wildman–Crippen LogP) is -0.0609. The zero-order chi connectivity index (χ0) is 14.5. The van der Waals surface area contributed by atoms with Crippen molar-refractivity contribution in [1.29, 1.82) is 0 Å². The monoisotopic (exact) mass is 270 g/mol. The van der Waals surface area contributed by atoms with E-state index in [9.17, 15) is 9.59 Å². The quantitative estimate of drug-likeness (QED) is 0.778. The zero-order valence-corrected chi connectivity index (χ0v) is 11.0. The summed E-state index contributed by atoms with van der Waals surface area (Å²) >= 11 is 0. The third-order valence-electron chi connectivity index (χ3n) is 2.82. The Morgan fingerprint density at radius 3 is 2.80 bits per heavy atom. The van der Waals surface area contributed by atoms with E-state index in [1.54, 1.807) is 25.2 Å². The van der Waals surface area contributed by atoms with Gasteiger partial charge in [-0.25, -0.2) is 4.79 Å². The lowest BCUT2D eigenvalue weighted by Crippen LogP contribution is -2.38. The van der Waals surface area contributed by atoms with Crippen LogP contribution in [0.4, 0.5) is 0 Å². The summed E-state index contributed by atoms with van der Waals surface area (Å²) < 4.78 is 2.52. The van der Waals surface area contributed by atoms with Crippen molar-refractivity contribution in [2.75, 3.05) is 6.61 Å². The molecule has 0 atom stereocenters. The van der Waals surface area contributed by atoms with Crippen molar-refractivity contribution in [1.82, 2.24) is 9.13 Å². The first-order chi connectivity index (χ1) is 9.61. The van der Waals surface area contributed by atoms with Crippen molar-refractivity contribution in [3.05, 3.63) is 68.5 Å². The molecule has 1 aromatic carbocycles. The van der Waals surface area contributed by atoms with Crippen LogP contribution in [-0.2, 0) is 13.6 Å². The van der Waals surface area contributed by atoms with E-state index in [1.807, 2.05) is 6.07 Å². The van der Waals surface area contributed by atoms with Gasteiger partial charge >= 0.3 is 5.69 Å². The molecule has 5 heteroatoms. The van der Waals surface area contributed by atoms with Gasteiger partial charge in [0.2, 0.25) is 0 Å². The van der Waals surface area contributed by atoms with Gasteiger partial charge in [-0.3, -0.25) is 9.36 Å². The molecule has 20 heavy (non-hydrogen) atoms. The number of aryl methyl sites for hydroxylation is 1. The van der Waals surface area contributed by atoms with Gasteiger partial charge in [0.1, 0.15) is 6.61 Å². The molecule has 0 spiro atoms. The highest BCUT2D eigenvalue weighted by atomic mass is 16.2. The van der Waals surface area contributed by atoms with Gasteiger partial charge in [0.15, 0.2) is 0 Å². The van der Waals surface area contributed by atoms with Crippen molar-refractivity contribution >= 4 is 0 Å². The first-order valence-electron chi connectivity index (χ1n) is 6.07. The fourth-order valence-electron chi connectivity index (χ4n) is 1.83. The Kier molecular flexibility index (Phi) is 4.18. The molecule has 0 fully saturated rings. The zero-order valence-electron chi connectivity index (χ0n) is 11.0. The topological polar surface area (TPSA) is 64.2 Å². The average molecular weight is 270 g/mol. The number of rotatable bonds is 2. The summed E-state index contributed by atoms with van der Waals surface area (Å²) in [6.07, 6.45) is 1.45. The molecule has 1 heterocycles. The molecule has 1 aromatic heterocycles. The molecule has 1 N–H and O–H groups in total. The highest BCUT2D eigenvalue weighted by molar-refractivity contribution is 5.37. The summed E-state index contributed by atoms with van der Waals surface area (Å²) in [5.41, 5.74) is 0.849.